The number of fused-ring (bicyclic) bond motifs is 3. The summed E-state index contributed by atoms with van der Waals surface area (Å²) in [5, 5.41) is 13.0. The minimum atomic E-state index is -1.26. The molecule has 18 heavy (non-hydrogen) atoms. The molecule has 1 aromatic heterocycles. The topological polar surface area (TPSA) is 74.3 Å². The standard InChI is InChI=1S/C13H14N2O3/c1-13(18-12(16)17)6-9-8-4-2-3-5-10(8)15-11(9)7-14-13/h2-5,14-15H,6-7H2,1H3,(H,16,17). The number of benzene rings is 1. The highest BCUT2D eigenvalue weighted by Gasteiger charge is 2.34. The van der Waals surface area contributed by atoms with Gasteiger partial charge in [0.1, 0.15) is 0 Å². The average Bonchev–Trinajstić information content (AvgIpc) is 2.65. The van der Waals surface area contributed by atoms with Gasteiger partial charge in [-0.05, 0) is 18.6 Å². The summed E-state index contributed by atoms with van der Waals surface area (Å²) >= 11 is 0. The molecule has 94 valence electrons. The lowest BCUT2D eigenvalue weighted by atomic mass is 9.97. The number of hydrogen-bond donors (Lipinski definition) is 3. The fraction of sp³-hybridized carbons (Fsp3) is 0.308. The first-order valence-electron chi connectivity index (χ1n) is 5.83. The van der Waals surface area contributed by atoms with Crippen LogP contribution in [0.15, 0.2) is 24.3 Å². The molecule has 0 saturated heterocycles. The fourth-order valence-electron chi connectivity index (χ4n) is 2.55. The maximum absolute atomic E-state index is 10.7. The number of para-hydroxylation sites is 1. The van der Waals surface area contributed by atoms with Gasteiger partial charge in [0.2, 0.25) is 0 Å². The lowest BCUT2D eigenvalue weighted by Gasteiger charge is -2.33. The highest BCUT2D eigenvalue weighted by Crippen LogP contribution is 2.30. The summed E-state index contributed by atoms with van der Waals surface area (Å²) in [5.41, 5.74) is 2.45. The quantitative estimate of drug-likeness (QED) is 0.674. The molecular weight excluding hydrogens is 232 g/mol. The fourth-order valence-corrected chi connectivity index (χ4v) is 2.55. The number of aromatic amines is 1. The molecule has 0 spiro atoms. The van der Waals surface area contributed by atoms with E-state index < -0.39 is 11.9 Å². The highest BCUT2D eigenvalue weighted by atomic mass is 16.7. The molecule has 3 rings (SSSR count). The number of nitrogens with one attached hydrogen (secondary N) is 2. The van der Waals surface area contributed by atoms with Gasteiger partial charge in [-0.25, -0.2) is 4.79 Å². The van der Waals surface area contributed by atoms with Gasteiger partial charge < -0.3 is 14.8 Å². The van der Waals surface area contributed by atoms with Crippen molar-refractivity contribution in [2.24, 2.45) is 0 Å². The molecule has 1 aromatic carbocycles. The molecule has 1 unspecified atom stereocenters. The molecule has 0 radical (unpaired) electrons. The Morgan fingerprint density at radius 3 is 3.00 bits per heavy atom. The van der Waals surface area contributed by atoms with Gasteiger partial charge in [0.05, 0.1) is 0 Å². The summed E-state index contributed by atoms with van der Waals surface area (Å²) in [6, 6.07) is 8.01. The van der Waals surface area contributed by atoms with Crippen LogP contribution >= 0.6 is 0 Å². The van der Waals surface area contributed by atoms with Crippen molar-refractivity contribution in [3.63, 3.8) is 0 Å². The molecule has 5 heteroatoms. The van der Waals surface area contributed by atoms with E-state index in [0.717, 1.165) is 22.2 Å². The van der Waals surface area contributed by atoms with Gasteiger partial charge in [0, 0.05) is 29.6 Å². The van der Waals surface area contributed by atoms with Crippen molar-refractivity contribution in [2.45, 2.75) is 25.6 Å². The second-order valence-electron chi connectivity index (χ2n) is 4.76. The predicted molar refractivity (Wildman–Crippen MR) is 66.4 cm³/mol. The first-order chi connectivity index (χ1) is 8.57. The molecular formula is C13H14N2O3. The van der Waals surface area contributed by atoms with Crippen LogP contribution in [0.2, 0.25) is 0 Å². The Labute approximate surface area is 104 Å². The van der Waals surface area contributed by atoms with Crippen molar-refractivity contribution >= 4 is 17.1 Å². The van der Waals surface area contributed by atoms with Gasteiger partial charge in [-0.1, -0.05) is 18.2 Å². The van der Waals surface area contributed by atoms with Crippen molar-refractivity contribution in [3.05, 3.63) is 35.5 Å². The van der Waals surface area contributed by atoms with E-state index in [2.05, 4.69) is 10.3 Å². The van der Waals surface area contributed by atoms with Crippen molar-refractivity contribution in [3.8, 4) is 0 Å². The van der Waals surface area contributed by atoms with E-state index in [4.69, 9.17) is 9.84 Å². The summed E-state index contributed by atoms with van der Waals surface area (Å²) < 4.78 is 4.95. The Morgan fingerprint density at radius 2 is 2.22 bits per heavy atom. The van der Waals surface area contributed by atoms with E-state index in [1.807, 2.05) is 24.3 Å². The maximum atomic E-state index is 10.7. The lowest BCUT2D eigenvalue weighted by molar-refractivity contribution is -0.0342. The lowest BCUT2D eigenvalue weighted by Crippen LogP contribution is -2.50. The first-order valence-corrected chi connectivity index (χ1v) is 5.83. The summed E-state index contributed by atoms with van der Waals surface area (Å²) in [7, 11) is 0. The molecule has 0 amide bonds. The third kappa shape index (κ3) is 1.73. The van der Waals surface area contributed by atoms with E-state index in [1.54, 1.807) is 6.92 Å². The molecule has 0 saturated carbocycles. The van der Waals surface area contributed by atoms with Crippen LogP contribution in [-0.4, -0.2) is 22.0 Å². The van der Waals surface area contributed by atoms with Crippen molar-refractivity contribution in [1.82, 2.24) is 10.3 Å². The van der Waals surface area contributed by atoms with Crippen LogP contribution in [0.25, 0.3) is 10.9 Å². The van der Waals surface area contributed by atoms with Crippen LogP contribution in [0, 0.1) is 0 Å². The molecule has 1 atom stereocenters. The van der Waals surface area contributed by atoms with Gasteiger partial charge in [-0.2, -0.15) is 0 Å². The van der Waals surface area contributed by atoms with Crippen molar-refractivity contribution < 1.29 is 14.6 Å². The van der Waals surface area contributed by atoms with Crippen LogP contribution in [0.3, 0.4) is 0 Å². The molecule has 0 bridgehead atoms. The summed E-state index contributed by atoms with van der Waals surface area (Å²) in [4.78, 5) is 14.1. The van der Waals surface area contributed by atoms with E-state index >= 15 is 0 Å². The van der Waals surface area contributed by atoms with Crippen LogP contribution in [0.4, 0.5) is 4.79 Å². The molecule has 2 heterocycles. The van der Waals surface area contributed by atoms with E-state index in [1.165, 1.54) is 0 Å². The highest BCUT2D eigenvalue weighted by molar-refractivity contribution is 5.85. The zero-order chi connectivity index (χ0) is 12.8. The third-order valence-electron chi connectivity index (χ3n) is 3.37. The molecule has 0 aliphatic carbocycles. The normalized spacial score (nSPS) is 22.7. The van der Waals surface area contributed by atoms with Crippen molar-refractivity contribution in [1.29, 1.82) is 0 Å². The number of aromatic nitrogens is 1. The number of hydrogen-bond acceptors (Lipinski definition) is 3. The molecule has 0 fully saturated rings. The third-order valence-corrected chi connectivity index (χ3v) is 3.37. The molecule has 5 nitrogen and oxygen atoms in total. The van der Waals surface area contributed by atoms with Gasteiger partial charge in [0.25, 0.3) is 0 Å². The van der Waals surface area contributed by atoms with Gasteiger partial charge in [-0.3, -0.25) is 5.32 Å². The zero-order valence-electron chi connectivity index (χ0n) is 9.99. The average molecular weight is 246 g/mol. The van der Waals surface area contributed by atoms with Gasteiger partial charge in [0.15, 0.2) is 5.72 Å². The number of rotatable bonds is 1. The van der Waals surface area contributed by atoms with Gasteiger partial charge in [-0.15, -0.1) is 0 Å². The van der Waals surface area contributed by atoms with Crippen molar-refractivity contribution in [2.75, 3.05) is 0 Å². The van der Waals surface area contributed by atoms with E-state index in [-0.39, 0.29) is 0 Å². The summed E-state index contributed by atoms with van der Waals surface area (Å²) in [6.07, 6.45) is -0.730. The Kier molecular flexibility index (Phi) is 2.31. The Bertz CT molecular complexity index is 620. The Balaban J connectivity index is 2.03. The number of H-pyrrole nitrogens is 1. The molecule has 1 aliphatic rings. The first kappa shape index (κ1) is 11.1. The SMILES string of the molecule is CC1(OC(=O)O)Cc2c([nH]c3ccccc23)CN1. The molecule has 2 aromatic rings. The van der Waals surface area contributed by atoms with Crippen LogP contribution in [0.5, 0.6) is 0 Å². The number of carbonyl (C=O) groups is 1. The summed E-state index contributed by atoms with van der Waals surface area (Å²) in [6.45, 7) is 2.33. The van der Waals surface area contributed by atoms with Crippen LogP contribution in [0.1, 0.15) is 18.2 Å². The Morgan fingerprint density at radius 1 is 1.44 bits per heavy atom. The van der Waals surface area contributed by atoms with E-state index in [9.17, 15) is 4.79 Å². The van der Waals surface area contributed by atoms with Crippen LogP contribution < -0.4 is 5.32 Å². The second-order valence-corrected chi connectivity index (χ2v) is 4.76. The Hall–Kier alpha value is -2.01. The second kappa shape index (κ2) is 3.74. The summed E-state index contributed by atoms with van der Waals surface area (Å²) in [5.74, 6) is 0. The minimum Gasteiger partial charge on any atom is -0.450 e. The molecule has 3 N–H and O–H groups in total. The minimum absolute atomic E-state index is 0.526. The van der Waals surface area contributed by atoms with Gasteiger partial charge >= 0.3 is 6.16 Å². The molecule has 1 aliphatic heterocycles. The smallest absolute Gasteiger partial charge is 0.450 e. The van der Waals surface area contributed by atoms with E-state index in [0.29, 0.717) is 13.0 Å². The number of ether oxygens (including phenoxy) is 1. The zero-order valence-corrected chi connectivity index (χ0v) is 9.99. The monoisotopic (exact) mass is 246 g/mol. The maximum Gasteiger partial charge on any atom is 0.507 e. The van der Waals surface area contributed by atoms with Crippen LogP contribution in [-0.2, 0) is 17.7 Å². The predicted octanol–water partition coefficient (Wildman–Crippen LogP) is 2.22. The number of carboxylic acid groups (broad SMARTS) is 1. The largest absolute Gasteiger partial charge is 0.507 e.